The van der Waals surface area contributed by atoms with E-state index in [1.165, 1.54) is 11.9 Å². The molecule has 86 valence electrons. The molecule has 0 aromatic rings. The second-order valence-electron chi connectivity index (χ2n) is 3.75. The van der Waals surface area contributed by atoms with Gasteiger partial charge in [-0.3, -0.25) is 14.6 Å². The van der Waals surface area contributed by atoms with Crippen LogP contribution in [0.15, 0.2) is 0 Å². The zero-order valence-electron chi connectivity index (χ0n) is 8.94. The maximum absolute atomic E-state index is 11.7. The van der Waals surface area contributed by atoms with E-state index in [1.807, 2.05) is 0 Å². The van der Waals surface area contributed by atoms with E-state index in [0.717, 1.165) is 11.4 Å². The van der Waals surface area contributed by atoms with Crippen LogP contribution in [0.5, 0.6) is 0 Å². The Morgan fingerprint density at radius 3 is 2.67 bits per heavy atom. The van der Waals surface area contributed by atoms with Crippen molar-refractivity contribution in [1.82, 2.24) is 9.91 Å². The van der Waals surface area contributed by atoms with E-state index in [2.05, 4.69) is 0 Å². The van der Waals surface area contributed by atoms with E-state index in [1.54, 1.807) is 6.92 Å². The summed E-state index contributed by atoms with van der Waals surface area (Å²) in [6.07, 6.45) is 1.48. The molecule has 0 aromatic heterocycles. The molecule has 1 heterocycles. The topological polar surface area (TPSA) is 66.6 Å². The molecule has 1 rings (SSSR count). The number of nitrogens with two attached hydrogens (primary N) is 1. The van der Waals surface area contributed by atoms with Crippen molar-refractivity contribution in [1.29, 1.82) is 0 Å². The molecule has 1 fully saturated rings. The molecule has 6 heteroatoms. The summed E-state index contributed by atoms with van der Waals surface area (Å²) < 4.78 is 0. The minimum atomic E-state index is -0.596. The molecule has 0 spiro atoms. The Kier molecular flexibility index (Phi) is 3.93. The van der Waals surface area contributed by atoms with E-state index in [0.29, 0.717) is 13.0 Å². The van der Waals surface area contributed by atoms with Gasteiger partial charge in [-0.25, -0.2) is 5.84 Å². The van der Waals surface area contributed by atoms with Gasteiger partial charge in [0.1, 0.15) is 11.4 Å². The number of hydrazine groups is 1. The summed E-state index contributed by atoms with van der Waals surface area (Å²) in [5, 5.41) is 0.427. The van der Waals surface area contributed by atoms with Crippen LogP contribution >= 0.6 is 11.6 Å². The van der Waals surface area contributed by atoms with Crippen LogP contribution in [0.3, 0.4) is 0 Å². The highest BCUT2D eigenvalue weighted by molar-refractivity contribution is 6.30. The lowest BCUT2D eigenvalue weighted by Crippen LogP contribution is -2.50. The Hall–Kier alpha value is -0.810. The molecule has 1 aliphatic heterocycles. The maximum Gasteiger partial charge on any atom is 0.258 e. The molecule has 0 aliphatic carbocycles. The van der Waals surface area contributed by atoms with E-state index in [-0.39, 0.29) is 11.8 Å². The lowest BCUT2D eigenvalue weighted by molar-refractivity contribution is -0.142. The number of amides is 2. The van der Waals surface area contributed by atoms with Crippen molar-refractivity contribution in [3.63, 3.8) is 0 Å². The summed E-state index contributed by atoms with van der Waals surface area (Å²) in [4.78, 5) is 24.8. The molecular weight excluding hydrogens is 218 g/mol. The number of halogens is 1. The third-order valence-corrected chi connectivity index (χ3v) is 2.70. The van der Waals surface area contributed by atoms with E-state index >= 15 is 0 Å². The fraction of sp³-hybridized carbons (Fsp3) is 0.778. The first-order valence-electron chi connectivity index (χ1n) is 4.92. The van der Waals surface area contributed by atoms with Crippen LogP contribution in [0, 0.1) is 0 Å². The number of alkyl halides is 1. The molecular formula is C9H16ClN3O2. The van der Waals surface area contributed by atoms with Crippen LogP contribution in [0.2, 0.25) is 0 Å². The number of carbonyl (C=O) groups excluding carboxylic acids is 2. The molecule has 2 atom stereocenters. The molecule has 0 saturated carbocycles. The van der Waals surface area contributed by atoms with Gasteiger partial charge < -0.3 is 4.90 Å². The second kappa shape index (κ2) is 4.81. The quantitative estimate of drug-likeness (QED) is 0.314. The van der Waals surface area contributed by atoms with Gasteiger partial charge in [0.25, 0.3) is 5.91 Å². The smallest absolute Gasteiger partial charge is 0.258 e. The first-order valence-corrected chi connectivity index (χ1v) is 5.35. The highest BCUT2D eigenvalue weighted by Gasteiger charge is 2.36. The Bertz CT molecular complexity index is 242. The van der Waals surface area contributed by atoms with E-state index < -0.39 is 11.4 Å². The van der Waals surface area contributed by atoms with Crippen LogP contribution < -0.4 is 5.84 Å². The van der Waals surface area contributed by atoms with Crippen molar-refractivity contribution in [3.05, 3.63) is 0 Å². The molecule has 15 heavy (non-hydrogen) atoms. The van der Waals surface area contributed by atoms with Crippen molar-refractivity contribution >= 4 is 23.4 Å². The fourth-order valence-corrected chi connectivity index (χ4v) is 1.88. The normalized spacial score (nSPS) is 22.7. The molecule has 2 N–H and O–H groups in total. The third-order valence-electron chi connectivity index (χ3n) is 2.51. The zero-order chi connectivity index (χ0) is 11.6. The lowest BCUT2D eigenvalue weighted by Gasteiger charge is -2.26. The first kappa shape index (κ1) is 12.3. The predicted octanol–water partition coefficient (Wildman–Crippen LogP) is -0.0632. The number of carbonyl (C=O) groups is 2. The average molecular weight is 234 g/mol. The van der Waals surface area contributed by atoms with E-state index in [4.69, 9.17) is 17.4 Å². The predicted molar refractivity (Wildman–Crippen MR) is 57.0 cm³/mol. The first-order chi connectivity index (χ1) is 6.95. The fourth-order valence-electron chi connectivity index (χ4n) is 1.75. The van der Waals surface area contributed by atoms with Crippen molar-refractivity contribution < 1.29 is 9.59 Å². The van der Waals surface area contributed by atoms with Gasteiger partial charge >= 0.3 is 0 Å². The number of likely N-dealkylation sites (N-methyl/N-ethyl adjacent to an activating group) is 1. The number of likely N-dealkylation sites (tertiary alicyclic amines) is 1. The lowest BCUT2D eigenvalue weighted by atomic mass is 10.2. The molecule has 5 nitrogen and oxygen atoms in total. The molecule has 0 unspecified atom stereocenters. The molecule has 0 radical (unpaired) electrons. The Balaban J connectivity index is 2.73. The summed E-state index contributed by atoms with van der Waals surface area (Å²) >= 11 is 5.71. The van der Waals surface area contributed by atoms with Crippen LogP contribution in [0.25, 0.3) is 0 Å². The van der Waals surface area contributed by atoms with Gasteiger partial charge in [0.05, 0.1) is 0 Å². The van der Waals surface area contributed by atoms with Crippen LogP contribution in [-0.4, -0.2) is 46.7 Å². The van der Waals surface area contributed by atoms with Crippen LogP contribution in [-0.2, 0) is 9.59 Å². The summed E-state index contributed by atoms with van der Waals surface area (Å²) in [5.74, 6) is 4.93. The summed E-state index contributed by atoms with van der Waals surface area (Å²) in [5.41, 5.74) is 0. The number of hydrogen-bond donors (Lipinski definition) is 1. The molecule has 1 aliphatic rings. The monoisotopic (exact) mass is 233 g/mol. The average Bonchev–Trinajstić information content (AvgIpc) is 2.63. The van der Waals surface area contributed by atoms with Crippen molar-refractivity contribution in [2.45, 2.75) is 31.2 Å². The van der Waals surface area contributed by atoms with Crippen molar-refractivity contribution in [3.8, 4) is 0 Å². The van der Waals surface area contributed by atoms with Crippen molar-refractivity contribution in [2.24, 2.45) is 5.84 Å². The Morgan fingerprint density at radius 1 is 1.60 bits per heavy atom. The Morgan fingerprint density at radius 2 is 2.20 bits per heavy atom. The highest BCUT2D eigenvalue weighted by atomic mass is 35.5. The summed E-state index contributed by atoms with van der Waals surface area (Å²) in [7, 11) is 1.48. The van der Waals surface area contributed by atoms with Crippen LogP contribution in [0.4, 0.5) is 0 Å². The third kappa shape index (κ3) is 2.60. The highest BCUT2D eigenvalue weighted by Crippen LogP contribution is 2.20. The van der Waals surface area contributed by atoms with Gasteiger partial charge in [-0.1, -0.05) is 0 Å². The van der Waals surface area contributed by atoms with Gasteiger partial charge in [0, 0.05) is 13.6 Å². The zero-order valence-corrected chi connectivity index (χ0v) is 9.70. The standard InChI is InChI=1S/C9H16ClN3O2/c1-6(10)8(14)13-5-3-4-7(13)9(15)12(2)11/h6-7H,3-5,11H2,1-2H3/t6-,7+/m1/s1. The minimum absolute atomic E-state index is 0.200. The van der Waals surface area contributed by atoms with Gasteiger partial charge in [-0.15, -0.1) is 11.6 Å². The summed E-state index contributed by atoms with van der Waals surface area (Å²) in [6, 6.07) is -0.436. The second-order valence-corrected chi connectivity index (χ2v) is 4.41. The van der Waals surface area contributed by atoms with Gasteiger partial charge in [-0.05, 0) is 19.8 Å². The molecule has 0 bridgehead atoms. The van der Waals surface area contributed by atoms with Crippen LogP contribution in [0.1, 0.15) is 19.8 Å². The number of rotatable bonds is 2. The Labute approximate surface area is 94.1 Å². The van der Waals surface area contributed by atoms with Gasteiger partial charge in [0.2, 0.25) is 5.91 Å². The molecule has 1 saturated heterocycles. The maximum atomic E-state index is 11.7. The van der Waals surface area contributed by atoms with E-state index in [9.17, 15) is 9.59 Å². The molecule has 0 aromatic carbocycles. The number of hydrogen-bond acceptors (Lipinski definition) is 3. The van der Waals surface area contributed by atoms with Gasteiger partial charge in [-0.2, -0.15) is 0 Å². The minimum Gasteiger partial charge on any atom is -0.329 e. The SMILES string of the molecule is C[C@@H](Cl)C(=O)N1CCC[C@H]1C(=O)N(C)N. The summed E-state index contributed by atoms with van der Waals surface area (Å²) in [6.45, 7) is 2.19. The number of nitrogens with zero attached hydrogens (tertiary/aromatic N) is 2. The van der Waals surface area contributed by atoms with Gasteiger partial charge in [0.15, 0.2) is 0 Å². The largest absolute Gasteiger partial charge is 0.329 e. The molecule has 2 amide bonds. The van der Waals surface area contributed by atoms with Crippen molar-refractivity contribution in [2.75, 3.05) is 13.6 Å².